The zero-order chi connectivity index (χ0) is 18.4. The van der Waals surface area contributed by atoms with Crippen molar-refractivity contribution >= 4 is 23.2 Å². The zero-order valence-electron chi connectivity index (χ0n) is 14.9. The van der Waals surface area contributed by atoms with Crippen molar-refractivity contribution in [3.8, 4) is 5.75 Å². The number of aryl methyl sites for hydroxylation is 1. The van der Waals surface area contributed by atoms with Gasteiger partial charge in [-0.05, 0) is 47.9 Å². The average molecular weight is 343 g/mol. The molecule has 0 fully saturated rings. The number of carbonyl (C=O) groups excluding carboxylic acids is 1. The zero-order valence-corrected chi connectivity index (χ0v) is 14.9. The molecule has 0 aliphatic carbocycles. The van der Waals surface area contributed by atoms with E-state index < -0.39 is 0 Å². The fourth-order valence-electron chi connectivity index (χ4n) is 2.67. The van der Waals surface area contributed by atoms with Gasteiger partial charge in [0.05, 0.1) is 7.11 Å². The molecular formula is C23H21NO2. The number of ether oxygens (including phenoxy) is 1. The topological polar surface area (TPSA) is 38.3 Å². The molecule has 0 saturated heterocycles. The van der Waals surface area contributed by atoms with Crippen molar-refractivity contribution in [2.24, 2.45) is 0 Å². The minimum atomic E-state index is -0.138. The molecule has 0 spiro atoms. The van der Waals surface area contributed by atoms with E-state index in [4.69, 9.17) is 4.74 Å². The van der Waals surface area contributed by atoms with Crippen LogP contribution in [0.4, 0.5) is 5.69 Å². The van der Waals surface area contributed by atoms with Crippen molar-refractivity contribution in [3.05, 3.63) is 95.6 Å². The van der Waals surface area contributed by atoms with E-state index in [0.717, 1.165) is 28.1 Å². The van der Waals surface area contributed by atoms with Crippen molar-refractivity contribution in [1.29, 1.82) is 0 Å². The van der Waals surface area contributed by atoms with Crippen LogP contribution in [0.5, 0.6) is 5.75 Å². The third-order valence-corrected chi connectivity index (χ3v) is 4.15. The molecule has 26 heavy (non-hydrogen) atoms. The summed E-state index contributed by atoms with van der Waals surface area (Å²) in [5.74, 6) is 0.647. The fraction of sp³-hybridized carbons (Fsp3) is 0.0870. The molecule has 0 bridgehead atoms. The van der Waals surface area contributed by atoms with Crippen LogP contribution >= 0.6 is 0 Å². The normalized spacial score (nSPS) is 11.1. The molecule has 1 amide bonds. The Morgan fingerprint density at radius 2 is 1.54 bits per heavy atom. The van der Waals surface area contributed by atoms with Crippen molar-refractivity contribution in [1.82, 2.24) is 0 Å². The second-order valence-electron chi connectivity index (χ2n) is 5.97. The first kappa shape index (κ1) is 17.5. The van der Waals surface area contributed by atoms with Gasteiger partial charge in [-0.2, -0.15) is 0 Å². The molecule has 0 unspecified atom stereocenters. The Morgan fingerprint density at radius 1 is 0.885 bits per heavy atom. The molecule has 1 N–H and O–H groups in total. The molecule has 3 aromatic rings. The van der Waals surface area contributed by atoms with Gasteiger partial charge in [-0.15, -0.1) is 0 Å². The van der Waals surface area contributed by atoms with E-state index in [-0.39, 0.29) is 5.91 Å². The molecule has 0 aliphatic rings. The second kappa shape index (κ2) is 8.17. The molecule has 130 valence electrons. The number of rotatable bonds is 5. The number of carbonyl (C=O) groups is 1. The molecule has 0 radical (unpaired) electrons. The lowest BCUT2D eigenvalue weighted by molar-refractivity contribution is -0.111. The molecule has 0 aliphatic heterocycles. The van der Waals surface area contributed by atoms with Crippen LogP contribution in [0, 0.1) is 6.92 Å². The first-order valence-electron chi connectivity index (χ1n) is 8.45. The number of nitrogens with one attached hydrogen (secondary N) is 1. The Morgan fingerprint density at radius 3 is 2.19 bits per heavy atom. The van der Waals surface area contributed by atoms with Crippen LogP contribution in [-0.4, -0.2) is 13.0 Å². The van der Waals surface area contributed by atoms with Gasteiger partial charge in [0.25, 0.3) is 5.91 Å². The SMILES string of the molecule is COc1ccc(/C=C(/C(=O)Nc2ccccc2C)c2ccccc2)cc1. The minimum Gasteiger partial charge on any atom is -0.497 e. The summed E-state index contributed by atoms with van der Waals surface area (Å²) in [5.41, 5.74) is 4.25. The summed E-state index contributed by atoms with van der Waals surface area (Å²) in [5, 5.41) is 3.02. The number of amides is 1. The lowest BCUT2D eigenvalue weighted by Gasteiger charge is -2.12. The van der Waals surface area contributed by atoms with E-state index in [2.05, 4.69) is 5.32 Å². The molecule has 0 atom stereocenters. The van der Waals surface area contributed by atoms with Crippen molar-refractivity contribution in [2.45, 2.75) is 6.92 Å². The highest BCUT2D eigenvalue weighted by Crippen LogP contribution is 2.23. The van der Waals surface area contributed by atoms with Gasteiger partial charge in [0.2, 0.25) is 0 Å². The quantitative estimate of drug-likeness (QED) is 0.512. The molecule has 0 aromatic heterocycles. The summed E-state index contributed by atoms with van der Waals surface area (Å²) in [6, 6.07) is 25.1. The Hall–Kier alpha value is -3.33. The highest BCUT2D eigenvalue weighted by molar-refractivity contribution is 6.29. The number of benzene rings is 3. The maximum absolute atomic E-state index is 13.0. The lowest BCUT2D eigenvalue weighted by atomic mass is 10.0. The third-order valence-electron chi connectivity index (χ3n) is 4.15. The predicted octanol–water partition coefficient (Wildman–Crippen LogP) is 5.18. The molecule has 3 rings (SSSR count). The number of methoxy groups -OCH3 is 1. The molecule has 0 saturated carbocycles. The highest BCUT2D eigenvalue weighted by Gasteiger charge is 2.13. The molecular weight excluding hydrogens is 322 g/mol. The van der Waals surface area contributed by atoms with Gasteiger partial charge in [0.1, 0.15) is 5.75 Å². The van der Waals surface area contributed by atoms with Crippen LogP contribution in [-0.2, 0) is 4.79 Å². The summed E-state index contributed by atoms with van der Waals surface area (Å²) in [4.78, 5) is 13.0. The summed E-state index contributed by atoms with van der Waals surface area (Å²) >= 11 is 0. The summed E-state index contributed by atoms with van der Waals surface area (Å²) in [6.07, 6.45) is 1.89. The fourth-order valence-corrected chi connectivity index (χ4v) is 2.67. The van der Waals surface area contributed by atoms with E-state index in [0.29, 0.717) is 5.57 Å². The van der Waals surface area contributed by atoms with E-state index in [1.807, 2.05) is 91.9 Å². The van der Waals surface area contributed by atoms with E-state index in [9.17, 15) is 4.79 Å². The van der Waals surface area contributed by atoms with Crippen molar-refractivity contribution < 1.29 is 9.53 Å². The van der Waals surface area contributed by atoms with Gasteiger partial charge in [0.15, 0.2) is 0 Å². The maximum atomic E-state index is 13.0. The van der Waals surface area contributed by atoms with Gasteiger partial charge in [0, 0.05) is 11.3 Å². The Kier molecular flexibility index (Phi) is 5.49. The van der Waals surface area contributed by atoms with Crippen molar-refractivity contribution in [2.75, 3.05) is 12.4 Å². The van der Waals surface area contributed by atoms with Crippen LogP contribution in [0.1, 0.15) is 16.7 Å². The van der Waals surface area contributed by atoms with Gasteiger partial charge in [-0.25, -0.2) is 0 Å². The lowest BCUT2D eigenvalue weighted by Crippen LogP contribution is -2.14. The largest absolute Gasteiger partial charge is 0.497 e. The van der Waals surface area contributed by atoms with Crippen LogP contribution in [0.3, 0.4) is 0 Å². The molecule has 3 aromatic carbocycles. The van der Waals surface area contributed by atoms with Gasteiger partial charge < -0.3 is 10.1 Å². The summed E-state index contributed by atoms with van der Waals surface area (Å²) in [7, 11) is 1.63. The Bertz CT molecular complexity index is 912. The van der Waals surface area contributed by atoms with E-state index in [1.54, 1.807) is 7.11 Å². The van der Waals surface area contributed by atoms with Gasteiger partial charge in [-0.3, -0.25) is 4.79 Å². The Labute approximate surface area is 154 Å². The first-order valence-corrected chi connectivity index (χ1v) is 8.45. The highest BCUT2D eigenvalue weighted by atomic mass is 16.5. The van der Waals surface area contributed by atoms with Crippen molar-refractivity contribution in [3.63, 3.8) is 0 Å². The minimum absolute atomic E-state index is 0.138. The monoisotopic (exact) mass is 343 g/mol. The second-order valence-corrected chi connectivity index (χ2v) is 5.97. The molecule has 0 heterocycles. The number of para-hydroxylation sites is 1. The van der Waals surface area contributed by atoms with Crippen LogP contribution in [0.2, 0.25) is 0 Å². The number of anilines is 1. The van der Waals surface area contributed by atoms with E-state index >= 15 is 0 Å². The van der Waals surface area contributed by atoms with E-state index in [1.165, 1.54) is 0 Å². The van der Waals surface area contributed by atoms with Crippen LogP contribution in [0.25, 0.3) is 11.6 Å². The maximum Gasteiger partial charge on any atom is 0.256 e. The van der Waals surface area contributed by atoms with Crippen LogP contribution in [0.15, 0.2) is 78.9 Å². The Balaban J connectivity index is 1.96. The van der Waals surface area contributed by atoms with Crippen LogP contribution < -0.4 is 10.1 Å². The molecule has 3 heteroatoms. The standard InChI is InChI=1S/C23H21NO2/c1-17-8-6-7-11-22(17)24-23(25)21(19-9-4-3-5-10-19)16-18-12-14-20(26-2)15-13-18/h3-16H,1-2H3,(H,24,25)/b21-16+. The first-order chi connectivity index (χ1) is 12.7. The smallest absolute Gasteiger partial charge is 0.256 e. The number of hydrogen-bond acceptors (Lipinski definition) is 2. The van der Waals surface area contributed by atoms with Gasteiger partial charge >= 0.3 is 0 Å². The molecule has 3 nitrogen and oxygen atoms in total. The summed E-state index contributed by atoms with van der Waals surface area (Å²) < 4.78 is 5.20. The number of hydrogen-bond donors (Lipinski definition) is 1. The third kappa shape index (κ3) is 4.19. The van der Waals surface area contributed by atoms with Gasteiger partial charge in [-0.1, -0.05) is 60.7 Å². The predicted molar refractivity (Wildman–Crippen MR) is 107 cm³/mol. The summed E-state index contributed by atoms with van der Waals surface area (Å²) in [6.45, 7) is 1.98. The average Bonchev–Trinajstić information content (AvgIpc) is 2.69.